The SMILES string of the molecule is CN=C(NCc1cccc(C(N)=O)c1)N1CCN(c2cccc(C)c2C)CC1.I. The third-order valence-electron chi connectivity index (χ3n) is 5.37. The molecule has 0 unspecified atom stereocenters. The van der Waals surface area contributed by atoms with Gasteiger partial charge >= 0.3 is 0 Å². The number of primary amides is 1. The summed E-state index contributed by atoms with van der Waals surface area (Å²) in [6.07, 6.45) is 0. The molecular weight excluding hydrogens is 477 g/mol. The maximum atomic E-state index is 11.4. The lowest BCUT2D eigenvalue weighted by Crippen LogP contribution is -2.52. The third-order valence-corrected chi connectivity index (χ3v) is 5.37. The van der Waals surface area contributed by atoms with Gasteiger partial charge in [-0.05, 0) is 48.7 Å². The zero-order valence-corrected chi connectivity index (χ0v) is 19.6. The van der Waals surface area contributed by atoms with Crippen molar-refractivity contribution >= 4 is 41.5 Å². The molecule has 1 saturated heterocycles. The smallest absolute Gasteiger partial charge is 0.248 e. The second-order valence-corrected chi connectivity index (χ2v) is 7.16. The van der Waals surface area contributed by atoms with E-state index in [2.05, 4.69) is 52.2 Å². The van der Waals surface area contributed by atoms with E-state index in [4.69, 9.17) is 5.73 Å². The summed E-state index contributed by atoms with van der Waals surface area (Å²) in [7, 11) is 1.80. The van der Waals surface area contributed by atoms with Crippen LogP contribution in [0.25, 0.3) is 0 Å². The van der Waals surface area contributed by atoms with Crippen LogP contribution < -0.4 is 16.0 Å². The Morgan fingerprint density at radius 2 is 1.79 bits per heavy atom. The van der Waals surface area contributed by atoms with E-state index in [0.29, 0.717) is 12.1 Å². The Balaban J connectivity index is 0.00000300. The van der Waals surface area contributed by atoms with E-state index in [9.17, 15) is 4.79 Å². The quantitative estimate of drug-likeness (QED) is 0.379. The molecule has 0 radical (unpaired) electrons. The zero-order valence-electron chi connectivity index (χ0n) is 17.3. The van der Waals surface area contributed by atoms with Gasteiger partial charge in [-0.1, -0.05) is 24.3 Å². The number of amides is 1. The molecule has 1 aliphatic heterocycles. The highest BCUT2D eigenvalue weighted by Crippen LogP contribution is 2.23. The fraction of sp³-hybridized carbons (Fsp3) is 0.364. The first-order chi connectivity index (χ1) is 13.5. The Labute approximate surface area is 190 Å². The number of carbonyl (C=O) groups is 1. The molecule has 6 nitrogen and oxygen atoms in total. The Morgan fingerprint density at radius 3 is 2.45 bits per heavy atom. The molecule has 1 amide bonds. The van der Waals surface area contributed by atoms with Crippen molar-refractivity contribution in [3.05, 3.63) is 64.7 Å². The topological polar surface area (TPSA) is 74.0 Å². The predicted molar refractivity (Wildman–Crippen MR) is 130 cm³/mol. The van der Waals surface area contributed by atoms with Gasteiger partial charge in [-0.25, -0.2) is 0 Å². The van der Waals surface area contributed by atoms with Crippen LogP contribution in [0, 0.1) is 13.8 Å². The van der Waals surface area contributed by atoms with Gasteiger partial charge in [0.15, 0.2) is 5.96 Å². The highest BCUT2D eigenvalue weighted by atomic mass is 127. The molecule has 1 heterocycles. The first-order valence-corrected chi connectivity index (χ1v) is 9.65. The van der Waals surface area contributed by atoms with Crippen LogP contribution in [0.4, 0.5) is 5.69 Å². The Hall–Kier alpha value is -2.29. The fourth-order valence-electron chi connectivity index (χ4n) is 3.59. The number of aryl methyl sites for hydroxylation is 1. The molecule has 0 aromatic heterocycles. The third kappa shape index (κ3) is 5.62. The van der Waals surface area contributed by atoms with Crippen molar-refractivity contribution in [3.8, 4) is 0 Å². The number of nitrogens with one attached hydrogen (secondary N) is 1. The summed E-state index contributed by atoms with van der Waals surface area (Å²) in [5, 5.41) is 3.40. The minimum absolute atomic E-state index is 0. The lowest BCUT2D eigenvalue weighted by molar-refractivity contribution is 0.1000. The maximum Gasteiger partial charge on any atom is 0.248 e. The van der Waals surface area contributed by atoms with Crippen molar-refractivity contribution in [1.82, 2.24) is 10.2 Å². The lowest BCUT2D eigenvalue weighted by atomic mass is 10.1. The van der Waals surface area contributed by atoms with E-state index in [1.54, 1.807) is 13.1 Å². The number of rotatable bonds is 4. The molecule has 7 heteroatoms. The Morgan fingerprint density at radius 1 is 1.10 bits per heavy atom. The summed E-state index contributed by atoms with van der Waals surface area (Å²) >= 11 is 0. The highest BCUT2D eigenvalue weighted by Gasteiger charge is 2.21. The molecule has 0 aliphatic carbocycles. The predicted octanol–water partition coefficient (Wildman–Crippen LogP) is 2.92. The normalized spacial score (nSPS) is 14.4. The second kappa shape index (κ2) is 10.5. The summed E-state index contributed by atoms with van der Waals surface area (Å²) in [6.45, 7) is 8.70. The van der Waals surface area contributed by atoms with Crippen LogP contribution in [0.2, 0.25) is 0 Å². The van der Waals surface area contributed by atoms with Crippen LogP contribution in [0.5, 0.6) is 0 Å². The number of hydrogen-bond donors (Lipinski definition) is 2. The molecule has 1 aliphatic rings. The number of anilines is 1. The molecule has 2 aromatic rings. The fourth-order valence-corrected chi connectivity index (χ4v) is 3.59. The number of benzene rings is 2. The zero-order chi connectivity index (χ0) is 20.1. The van der Waals surface area contributed by atoms with Crippen molar-refractivity contribution in [2.24, 2.45) is 10.7 Å². The highest BCUT2D eigenvalue weighted by molar-refractivity contribution is 14.0. The van der Waals surface area contributed by atoms with E-state index < -0.39 is 5.91 Å². The summed E-state index contributed by atoms with van der Waals surface area (Å²) in [6, 6.07) is 13.9. The first-order valence-electron chi connectivity index (χ1n) is 9.65. The van der Waals surface area contributed by atoms with Crippen molar-refractivity contribution in [3.63, 3.8) is 0 Å². The van der Waals surface area contributed by atoms with Gasteiger partial charge < -0.3 is 20.9 Å². The molecule has 0 atom stereocenters. The standard InChI is InChI=1S/C22H29N5O.HI/c1-16-6-4-9-20(17(16)2)26-10-12-27(13-11-26)22(24-3)25-15-18-7-5-8-19(14-18)21(23)28;/h4-9,14H,10-13,15H2,1-3H3,(H2,23,28)(H,24,25);1H. The van der Waals surface area contributed by atoms with Gasteiger partial charge in [0.1, 0.15) is 0 Å². The Bertz CT molecular complexity index is 875. The summed E-state index contributed by atoms with van der Waals surface area (Å²) < 4.78 is 0. The maximum absolute atomic E-state index is 11.4. The summed E-state index contributed by atoms with van der Waals surface area (Å²) in [4.78, 5) is 20.5. The van der Waals surface area contributed by atoms with E-state index in [0.717, 1.165) is 37.7 Å². The van der Waals surface area contributed by atoms with Gasteiger partial charge in [0.2, 0.25) is 5.91 Å². The molecule has 1 fully saturated rings. The largest absolute Gasteiger partial charge is 0.368 e. The molecular formula is C22H30IN5O. The van der Waals surface area contributed by atoms with E-state index in [1.165, 1.54) is 16.8 Å². The van der Waals surface area contributed by atoms with Crippen LogP contribution in [0.1, 0.15) is 27.0 Å². The molecule has 0 bridgehead atoms. The molecule has 156 valence electrons. The van der Waals surface area contributed by atoms with Gasteiger partial charge in [0, 0.05) is 51.0 Å². The number of halogens is 1. The van der Waals surface area contributed by atoms with Gasteiger partial charge in [0.05, 0.1) is 0 Å². The first kappa shape index (κ1) is 23.0. The number of nitrogens with two attached hydrogens (primary N) is 1. The number of piperazine rings is 1. The molecule has 0 spiro atoms. The van der Waals surface area contributed by atoms with Gasteiger partial charge in [-0.2, -0.15) is 0 Å². The number of aliphatic imine (C=N–C) groups is 1. The average Bonchev–Trinajstić information content (AvgIpc) is 2.71. The molecule has 0 saturated carbocycles. The van der Waals surface area contributed by atoms with Crippen molar-refractivity contribution in [1.29, 1.82) is 0 Å². The van der Waals surface area contributed by atoms with Crippen LogP contribution in [0.3, 0.4) is 0 Å². The number of nitrogens with zero attached hydrogens (tertiary/aromatic N) is 3. The average molecular weight is 507 g/mol. The van der Waals surface area contributed by atoms with Gasteiger partial charge in [-0.3, -0.25) is 9.79 Å². The van der Waals surface area contributed by atoms with Crippen LogP contribution in [0.15, 0.2) is 47.5 Å². The number of hydrogen-bond acceptors (Lipinski definition) is 3. The van der Waals surface area contributed by atoms with Gasteiger partial charge in [0.25, 0.3) is 0 Å². The summed E-state index contributed by atoms with van der Waals surface area (Å²) in [5.74, 6) is 0.471. The monoisotopic (exact) mass is 507 g/mol. The minimum Gasteiger partial charge on any atom is -0.368 e. The molecule has 3 rings (SSSR count). The van der Waals surface area contributed by atoms with Gasteiger partial charge in [-0.15, -0.1) is 24.0 Å². The molecule has 2 aromatic carbocycles. The van der Waals surface area contributed by atoms with Crippen LogP contribution in [-0.2, 0) is 6.54 Å². The number of carbonyl (C=O) groups excluding carboxylic acids is 1. The Kier molecular flexibility index (Phi) is 8.31. The molecule has 3 N–H and O–H groups in total. The van der Waals surface area contributed by atoms with Crippen LogP contribution in [-0.4, -0.2) is 50.0 Å². The lowest BCUT2D eigenvalue weighted by Gasteiger charge is -2.38. The summed E-state index contributed by atoms with van der Waals surface area (Å²) in [5.41, 5.74) is 10.9. The second-order valence-electron chi connectivity index (χ2n) is 7.16. The minimum atomic E-state index is -0.409. The van der Waals surface area contributed by atoms with E-state index in [1.807, 2.05) is 18.2 Å². The molecule has 29 heavy (non-hydrogen) atoms. The van der Waals surface area contributed by atoms with Crippen molar-refractivity contribution in [2.45, 2.75) is 20.4 Å². The van der Waals surface area contributed by atoms with Crippen molar-refractivity contribution < 1.29 is 4.79 Å². The van der Waals surface area contributed by atoms with Crippen molar-refractivity contribution in [2.75, 3.05) is 38.1 Å². The van der Waals surface area contributed by atoms with E-state index in [-0.39, 0.29) is 24.0 Å². The van der Waals surface area contributed by atoms with Crippen LogP contribution >= 0.6 is 24.0 Å². The van der Waals surface area contributed by atoms with E-state index >= 15 is 0 Å². The number of guanidine groups is 1.